The van der Waals surface area contributed by atoms with E-state index >= 15 is 0 Å². The van der Waals surface area contributed by atoms with Crippen LogP contribution < -0.4 is 0 Å². The number of ether oxygens (including phenoxy) is 1. The molecule has 0 N–H and O–H groups in total. The lowest BCUT2D eigenvalue weighted by Gasteiger charge is -2.09. The summed E-state index contributed by atoms with van der Waals surface area (Å²) in [6.07, 6.45) is 0.329. The number of hydrogen-bond acceptors (Lipinski definition) is 4. The third-order valence-electron chi connectivity index (χ3n) is 3.39. The van der Waals surface area contributed by atoms with E-state index in [0.717, 1.165) is 15.7 Å². The van der Waals surface area contributed by atoms with E-state index in [1.807, 2.05) is 12.1 Å². The van der Waals surface area contributed by atoms with Gasteiger partial charge >= 0.3 is 5.97 Å². The van der Waals surface area contributed by atoms with Crippen molar-refractivity contribution in [2.24, 2.45) is 5.16 Å². The Morgan fingerprint density at radius 3 is 2.61 bits per heavy atom. The number of nitrogens with zero attached hydrogens (tertiary/aromatic N) is 1. The standard InChI is InChI=1S/C17H13BrClNO3/c18-13-5-1-12(2-6-13)17(21)22-10-15-9-16(20-23-15)11-3-7-14(19)8-4-11/h1-8,15H,9-10H2/t15-/m0/s1. The lowest BCUT2D eigenvalue weighted by molar-refractivity contribution is 0.00686. The predicted molar refractivity (Wildman–Crippen MR) is 91.9 cm³/mol. The van der Waals surface area contributed by atoms with Crippen LogP contribution in [-0.4, -0.2) is 24.4 Å². The lowest BCUT2D eigenvalue weighted by Crippen LogP contribution is -2.19. The first-order valence-electron chi connectivity index (χ1n) is 7.03. The molecular formula is C17H13BrClNO3. The third kappa shape index (κ3) is 4.12. The molecule has 1 atom stereocenters. The van der Waals surface area contributed by atoms with E-state index in [2.05, 4.69) is 21.1 Å². The normalized spacial score (nSPS) is 16.6. The average molecular weight is 395 g/mol. The van der Waals surface area contributed by atoms with E-state index in [1.54, 1.807) is 36.4 Å². The van der Waals surface area contributed by atoms with E-state index < -0.39 is 0 Å². The van der Waals surface area contributed by atoms with Crippen LogP contribution in [0, 0.1) is 0 Å². The van der Waals surface area contributed by atoms with Crippen LogP contribution in [0.1, 0.15) is 22.3 Å². The molecule has 1 heterocycles. The van der Waals surface area contributed by atoms with Gasteiger partial charge in [0.25, 0.3) is 0 Å². The van der Waals surface area contributed by atoms with Crippen LogP contribution in [0.2, 0.25) is 5.02 Å². The highest BCUT2D eigenvalue weighted by Crippen LogP contribution is 2.19. The molecule has 0 aliphatic carbocycles. The predicted octanol–water partition coefficient (Wildman–Crippen LogP) is 4.45. The monoisotopic (exact) mass is 393 g/mol. The summed E-state index contributed by atoms with van der Waals surface area (Å²) in [6.45, 7) is 0.162. The van der Waals surface area contributed by atoms with Crippen LogP contribution in [-0.2, 0) is 9.57 Å². The van der Waals surface area contributed by atoms with Gasteiger partial charge in [-0.2, -0.15) is 0 Å². The van der Waals surface area contributed by atoms with Gasteiger partial charge in [0.15, 0.2) is 6.10 Å². The number of halogens is 2. The Bertz CT molecular complexity index is 729. The Morgan fingerprint density at radius 2 is 1.91 bits per heavy atom. The van der Waals surface area contributed by atoms with Crippen molar-refractivity contribution in [1.29, 1.82) is 0 Å². The highest BCUT2D eigenvalue weighted by Gasteiger charge is 2.24. The Labute approximate surface area is 147 Å². The maximum Gasteiger partial charge on any atom is 0.338 e. The minimum Gasteiger partial charge on any atom is -0.458 e. The molecule has 0 aromatic heterocycles. The van der Waals surface area contributed by atoms with E-state index in [9.17, 15) is 4.79 Å². The zero-order valence-electron chi connectivity index (χ0n) is 12.0. The van der Waals surface area contributed by atoms with Gasteiger partial charge in [0, 0.05) is 15.9 Å². The van der Waals surface area contributed by atoms with Crippen LogP contribution in [0.3, 0.4) is 0 Å². The first-order valence-corrected chi connectivity index (χ1v) is 8.20. The van der Waals surface area contributed by atoms with Gasteiger partial charge in [0.05, 0.1) is 11.3 Å². The molecule has 0 unspecified atom stereocenters. The highest BCUT2D eigenvalue weighted by molar-refractivity contribution is 9.10. The summed E-state index contributed by atoms with van der Waals surface area (Å²) in [5.74, 6) is -0.374. The van der Waals surface area contributed by atoms with Gasteiger partial charge < -0.3 is 9.57 Å². The van der Waals surface area contributed by atoms with E-state index in [1.165, 1.54) is 0 Å². The number of esters is 1. The molecule has 118 valence electrons. The van der Waals surface area contributed by atoms with Gasteiger partial charge in [-0.25, -0.2) is 4.79 Å². The molecule has 0 spiro atoms. The summed E-state index contributed by atoms with van der Waals surface area (Å²) in [7, 11) is 0. The van der Waals surface area contributed by atoms with Crippen molar-refractivity contribution in [2.75, 3.05) is 6.61 Å². The zero-order valence-corrected chi connectivity index (χ0v) is 14.4. The number of carbonyl (C=O) groups excluding carboxylic acids is 1. The molecule has 0 amide bonds. The van der Waals surface area contributed by atoms with E-state index in [-0.39, 0.29) is 18.7 Å². The van der Waals surface area contributed by atoms with Crippen molar-refractivity contribution in [3.05, 3.63) is 69.2 Å². The maximum atomic E-state index is 12.0. The molecular weight excluding hydrogens is 382 g/mol. The number of oxime groups is 1. The van der Waals surface area contributed by atoms with Crippen LogP contribution in [0.25, 0.3) is 0 Å². The van der Waals surface area contributed by atoms with Gasteiger partial charge in [0.1, 0.15) is 6.61 Å². The Balaban J connectivity index is 1.52. The topological polar surface area (TPSA) is 47.9 Å². The second-order valence-corrected chi connectivity index (χ2v) is 6.43. The summed E-state index contributed by atoms with van der Waals surface area (Å²) in [5, 5.41) is 4.73. The molecule has 1 aliphatic heterocycles. The van der Waals surface area contributed by atoms with Gasteiger partial charge in [-0.05, 0) is 42.0 Å². The second kappa shape index (κ2) is 7.15. The number of hydrogen-bond donors (Lipinski definition) is 0. The smallest absolute Gasteiger partial charge is 0.338 e. The molecule has 2 aromatic carbocycles. The Morgan fingerprint density at radius 1 is 1.22 bits per heavy atom. The fraction of sp³-hybridized carbons (Fsp3) is 0.176. The fourth-order valence-corrected chi connectivity index (χ4v) is 2.56. The summed E-state index contributed by atoms with van der Waals surface area (Å²) in [4.78, 5) is 17.3. The second-order valence-electron chi connectivity index (χ2n) is 5.08. The van der Waals surface area contributed by atoms with Gasteiger partial charge in [0.2, 0.25) is 0 Å². The summed E-state index contributed by atoms with van der Waals surface area (Å²) >= 11 is 9.19. The van der Waals surface area contributed by atoms with Crippen molar-refractivity contribution in [3.63, 3.8) is 0 Å². The largest absolute Gasteiger partial charge is 0.458 e. The third-order valence-corrected chi connectivity index (χ3v) is 4.17. The lowest BCUT2D eigenvalue weighted by atomic mass is 10.1. The van der Waals surface area contributed by atoms with Crippen molar-refractivity contribution in [1.82, 2.24) is 0 Å². The molecule has 4 nitrogen and oxygen atoms in total. The Kier molecular flexibility index (Phi) is 4.98. The first-order chi connectivity index (χ1) is 11.1. The SMILES string of the molecule is O=C(OC[C@@H]1CC(c2ccc(Cl)cc2)=NO1)c1ccc(Br)cc1. The number of benzene rings is 2. The average Bonchev–Trinajstić information content (AvgIpc) is 3.03. The molecule has 0 saturated carbocycles. The molecule has 1 aliphatic rings. The fourth-order valence-electron chi connectivity index (χ4n) is 2.17. The first kappa shape index (κ1) is 16.0. The highest BCUT2D eigenvalue weighted by atomic mass is 79.9. The maximum absolute atomic E-state index is 12.0. The molecule has 3 rings (SSSR count). The van der Waals surface area contributed by atoms with Crippen LogP contribution >= 0.6 is 27.5 Å². The number of rotatable bonds is 4. The van der Waals surface area contributed by atoms with Crippen LogP contribution in [0.4, 0.5) is 0 Å². The minimum atomic E-state index is -0.374. The van der Waals surface area contributed by atoms with E-state index in [0.29, 0.717) is 17.0 Å². The van der Waals surface area contributed by atoms with Gasteiger partial charge in [-0.3, -0.25) is 0 Å². The van der Waals surface area contributed by atoms with Crippen molar-refractivity contribution in [3.8, 4) is 0 Å². The number of carbonyl (C=O) groups is 1. The van der Waals surface area contributed by atoms with Gasteiger partial charge in [-0.1, -0.05) is 44.8 Å². The summed E-state index contributed by atoms with van der Waals surface area (Å²) in [6, 6.07) is 14.4. The molecule has 0 radical (unpaired) electrons. The van der Waals surface area contributed by atoms with Crippen molar-refractivity contribution in [2.45, 2.75) is 12.5 Å². The van der Waals surface area contributed by atoms with Crippen LogP contribution in [0.15, 0.2) is 58.2 Å². The minimum absolute atomic E-state index is 0.162. The van der Waals surface area contributed by atoms with E-state index in [4.69, 9.17) is 21.2 Å². The van der Waals surface area contributed by atoms with Crippen LogP contribution in [0.5, 0.6) is 0 Å². The molecule has 0 fully saturated rings. The summed E-state index contributed by atoms with van der Waals surface area (Å²) < 4.78 is 6.19. The van der Waals surface area contributed by atoms with Crippen molar-refractivity contribution >= 4 is 39.2 Å². The molecule has 0 saturated heterocycles. The molecule has 0 bridgehead atoms. The summed E-state index contributed by atoms with van der Waals surface area (Å²) in [5.41, 5.74) is 2.28. The van der Waals surface area contributed by atoms with Crippen molar-refractivity contribution < 1.29 is 14.4 Å². The molecule has 2 aromatic rings. The Hall–Kier alpha value is -1.85. The van der Waals surface area contributed by atoms with Gasteiger partial charge in [-0.15, -0.1) is 0 Å². The molecule has 23 heavy (non-hydrogen) atoms. The quantitative estimate of drug-likeness (QED) is 0.720. The molecule has 6 heteroatoms. The zero-order chi connectivity index (χ0) is 16.2.